The zero-order chi connectivity index (χ0) is 19.4. The van der Waals surface area contributed by atoms with Gasteiger partial charge in [0, 0.05) is 22.5 Å². The summed E-state index contributed by atoms with van der Waals surface area (Å²) in [5, 5.41) is 0. The molecule has 4 nitrogen and oxygen atoms in total. The van der Waals surface area contributed by atoms with Crippen LogP contribution in [0.4, 0.5) is 0 Å². The van der Waals surface area contributed by atoms with Gasteiger partial charge in [-0.05, 0) is 43.0 Å². The van der Waals surface area contributed by atoms with E-state index in [1.54, 1.807) is 6.92 Å². The maximum atomic E-state index is 12.9. The maximum Gasteiger partial charge on any atom is 0.334 e. The zero-order valence-electron chi connectivity index (χ0n) is 15.4. The smallest absolute Gasteiger partial charge is 0.334 e. The average Bonchev–Trinajstić information content (AvgIpc) is 3.13. The molecule has 0 aliphatic carbocycles. The Hall–Kier alpha value is -2.27. The topological polar surface area (TPSA) is 55.7 Å². The van der Waals surface area contributed by atoms with Gasteiger partial charge in [0.1, 0.15) is 5.78 Å². The predicted octanol–water partition coefficient (Wildman–Crippen LogP) is 4.71. The van der Waals surface area contributed by atoms with Gasteiger partial charge in [-0.15, -0.1) is 0 Å². The number of methoxy groups -OCH3 is 1. The minimum atomic E-state index is -1.08. The second-order valence-corrected chi connectivity index (χ2v) is 7.77. The molecule has 2 atom stereocenters. The van der Waals surface area contributed by atoms with Crippen molar-refractivity contribution in [3.8, 4) is 0 Å². The molecule has 0 amide bonds. The largest absolute Gasteiger partial charge is 0.467 e. The number of aliphatic imine (C=N–C) groups is 1. The summed E-state index contributed by atoms with van der Waals surface area (Å²) < 4.78 is 6.11. The Balaban J connectivity index is 2.11. The third-order valence-corrected chi connectivity index (χ3v) is 5.59. The van der Waals surface area contributed by atoms with Crippen LogP contribution in [0.25, 0.3) is 0 Å². The molecule has 1 aliphatic rings. The highest BCUT2D eigenvalue weighted by atomic mass is 79.9. The lowest BCUT2D eigenvalue weighted by molar-refractivity contribution is -0.148. The lowest BCUT2D eigenvalue weighted by Gasteiger charge is -2.32. The molecule has 27 heavy (non-hydrogen) atoms. The summed E-state index contributed by atoms with van der Waals surface area (Å²) in [6.07, 6.45) is 1.43. The van der Waals surface area contributed by atoms with Crippen LogP contribution in [0.2, 0.25) is 0 Å². The molecular weight excluding hydrogens is 406 g/mol. The molecule has 3 rings (SSSR count). The Morgan fingerprint density at radius 3 is 2.41 bits per heavy atom. The van der Waals surface area contributed by atoms with Crippen LogP contribution in [0.1, 0.15) is 43.2 Å². The summed E-state index contributed by atoms with van der Waals surface area (Å²) in [6.45, 7) is 1.55. The molecule has 0 bridgehead atoms. The highest BCUT2D eigenvalue weighted by molar-refractivity contribution is 9.10. The second kappa shape index (κ2) is 8.17. The minimum absolute atomic E-state index is 0.0227. The van der Waals surface area contributed by atoms with Gasteiger partial charge in [-0.1, -0.05) is 58.4 Å². The van der Waals surface area contributed by atoms with Gasteiger partial charge >= 0.3 is 5.97 Å². The van der Waals surface area contributed by atoms with E-state index in [0.717, 1.165) is 21.3 Å². The van der Waals surface area contributed by atoms with Crippen LogP contribution in [0.5, 0.6) is 0 Å². The lowest BCUT2D eigenvalue weighted by Crippen LogP contribution is -2.42. The lowest BCUT2D eigenvalue weighted by atomic mass is 9.75. The van der Waals surface area contributed by atoms with Crippen molar-refractivity contribution in [2.24, 2.45) is 4.99 Å². The minimum Gasteiger partial charge on any atom is -0.467 e. The van der Waals surface area contributed by atoms with Gasteiger partial charge in [0.05, 0.1) is 7.11 Å². The molecular formula is C22H22BrNO3. The van der Waals surface area contributed by atoms with Gasteiger partial charge in [0.2, 0.25) is 0 Å². The van der Waals surface area contributed by atoms with Crippen LogP contribution in [0.3, 0.4) is 0 Å². The van der Waals surface area contributed by atoms with Gasteiger partial charge in [-0.25, -0.2) is 4.79 Å². The summed E-state index contributed by atoms with van der Waals surface area (Å²) in [5.74, 6) is -0.728. The summed E-state index contributed by atoms with van der Waals surface area (Å²) >= 11 is 3.44. The van der Waals surface area contributed by atoms with Crippen LogP contribution in [-0.4, -0.2) is 30.1 Å². The second-order valence-electron chi connectivity index (χ2n) is 6.85. The van der Waals surface area contributed by atoms with E-state index >= 15 is 0 Å². The quantitative estimate of drug-likeness (QED) is 0.627. The fourth-order valence-corrected chi connectivity index (χ4v) is 4.03. The van der Waals surface area contributed by atoms with Crippen molar-refractivity contribution < 1.29 is 14.3 Å². The first-order chi connectivity index (χ1) is 13.0. The number of carbonyl (C=O) groups excluding carboxylic acids is 2. The number of ketones is 1. The van der Waals surface area contributed by atoms with Crippen molar-refractivity contribution in [1.29, 1.82) is 0 Å². The number of benzene rings is 2. The highest BCUT2D eigenvalue weighted by Gasteiger charge is 2.50. The fraction of sp³-hybridized carbons (Fsp3) is 0.318. The molecule has 0 saturated carbocycles. The van der Waals surface area contributed by atoms with Gasteiger partial charge in [0.25, 0.3) is 0 Å². The first kappa shape index (κ1) is 19.5. The van der Waals surface area contributed by atoms with Gasteiger partial charge in [-0.3, -0.25) is 4.99 Å². The number of rotatable bonds is 6. The van der Waals surface area contributed by atoms with E-state index in [0.29, 0.717) is 12.8 Å². The monoisotopic (exact) mass is 427 g/mol. The van der Waals surface area contributed by atoms with E-state index in [-0.39, 0.29) is 24.1 Å². The van der Waals surface area contributed by atoms with Crippen molar-refractivity contribution in [2.45, 2.75) is 37.6 Å². The highest BCUT2D eigenvalue weighted by Crippen LogP contribution is 2.44. The van der Waals surface area contributed by atoms with E-state index in [2.05, 4.69) is 15.9 Å². The molecule has 0 aromatic heterocycles. The van der Waals surface area contributed by atoms with E-state index in [1.165, 1.54) is 7.11 Å². The number of Topliss-reactive ketones (excluding diaryl/α,β-unsaturated/α-hetero) is 1. The van der Waals surface area contributed by atoms with Gasteiger partial charge in [-0.2, -0.15) is 0 Å². The number of halogens is 1. The summed E-state index contributed by atoms with van der Waals surface area (Å²) in [4.78, 5) is 29.9. The van der Waals surface area contributed by atoms with E-state index in [9.17, 15) is 9.59 Å². The molecule has 2 aromatic rings. The van der Waals surface area contributed by atoms with Crippen molar-refractivity contribution in [2.75, 3.05) is 7.11 Å². The zero-order valence-corrected chi connectivity index (χ0v) is 17.0. The SMILES string of the molecule is COC(=O)[C@@]1([C@H](CC(C)=O)c2ccc(Br)cc2)CCC(c2ccccc2)=N1. The fourth-order valence-electron chi connectivity index (χ4n) is 3.76. The first-order valence-electron chi connectivity index (χ1n) is 8.94. The standard InChI is InChI=1S/C22H22BrNO3/c1-15(25)14-19(16-8-10-18(23)11-9-16)22(21(26)27-2)13-12-20(24-22)17-6-4-3-5-7-17/h3-11,19H,12-14H2,1-2H3/t19-,22+/m1/s1. The van der Waals surface area contributed by atoms with E-state index < -0.39 is 5.54 Å². The Bertz CT molecular complexity index is 861. The third kappa shape index (κ3) is 4.03. The Kier molecular flexibility index (Phi) is 5.90. The number of esters is 1. The Labute approximate surface area is 167 Å². The molecule has 0 unspecified atom stereocenters. The molecule has 0 radical (unpaired) electrons. The predicted molar refractivity (Wildman–Crippen MR) is 109 cm³/mol. The molecule has 0 fully saturated rings. The summed E-state index contributed by atoms with van der Waals surface area (Å²) in [6, 6.07) is 17.6. The Morgan fingerprint density at radius 2 is 1.81 bits per heavy atom. The third-order valence-electron chi connectivity index (χ3n) is 5.06. The van der Waals surface area contributed by atoms with Crippen LogP contribution >= 0.6 is 15.9 Å². The van der Waals surface area contributed by atoms with Crippen LogP contribution in [0.15, 0.2) is 64.1 Å². The molecule has 0 spiro atoms. The molecule has 0 N–H and O–H groups in total. The van der Waals surface area contributed by atoms with Crippen LogP contribution < -0.4 is 0 Å². The number of ether oxygens (including phenoxy) is 1. The summed E-state index contributed by atoms with van der Waals surface area (Å²) in [5.41, 5.74) is 1.71. The normalized spacial score (nSPS) is 20.0. The summed E-state index contributed by atoms with van der Waals surface area (Å²) in [7, 11) is 1.38. The van der Waals surface area contributed by atoms with Crippen molar-refractivity contribution in [1.82, 2.24) is 0 Å². The number of hydrogen-bond donors (Lipinski definition) is 0. The van der Waals surface area contributed by atoms with Crippen molar-refractivity contribution in [3.05, 3.63) is 70.2 Å². The number of hydrogen-bond acceptors (Lipinski definition) is 4. The van der Waals surface area contributed by atoms with Gasteiger partial charge in [0.15, 0.2) is 5.54 Å². The van der Waals surface area contributed by atoms with E-state index in [4.69, 9.17) is 9.73 Å². The number of nitrogens with zero attached hydrogens (tertiary/aromatic N) is 1. The molecule has 5 heteroatoms. The number of carbonyl (C=O) groups is 2. The molecule has 2 aromatic carbocycles. The maximum absolute atomic E-state index is 12.9. The average molecular weight is 428 g/mol. The van der Waals surface area contributed by atoms with E-state index in [1.807, 2.05) is 54.6 Å². The molecule has 1 aliphatic heterocycles. The van der Waals surface area contributed by atoms with Gasteiger partial charge < -0.3 is 9.53 Å². The first-order valence-corrected chi connectivity index (χ1v) is 9.73. The molecule has 140 valence electrons. The molecule has 0 saturated heterocycles. The van der Waals surface area contributed by atoms with Crippen LogP contribution in [0, 0.1) is 0 Å². The molecule has 1 heterocycles. The van der Waals surface area contributed by atoms with Crippen molar-refractivity contribution in [3.63, 3.8) is 0 Å². The van der Waals surface area contributed by atoms with Crippen LogP contribution in [-0.2, 0) is 14.3 Å². The van der Waals surface area contributed by atoms with Crippen molar-refractivity contribution >= 4 is 33.4 Å². The Morgan fingerprint density at radius 1 is 1.15 bits per heavy atom.